The van der Waals surface area contributed by atoms with Crippen LogP contribution in [0.15, 0.2) is 48.5 Å². The molecule has 2 aromatic rings. The summed E-state index contributed by atoms with van der Waals surface area (Å²) in [5.74, 6) is 3.64. The van der Waals surface area contributed by atoms with Crippen LogP contribution in [0.25, 0.3) is 0 Å². The molecule has 178 valence electrons. The van der Waals surface area contributed by atoms with Crippen LogP contribution in [0, 0.1) is 23.2 Å². The molecule has 2 amide bonds. The Bertz CT molecular complexity index is 1080. The number of anilines is 2. The molecule has 34 heavy (non-hydrogen) atoms. The summed E-state index contributed by atoms with van der Waals surface area (Å²) in [6, 6.07) is 15.8. The van der Waals surface area contributed by atoms with Crippen LogP contribution in [-0.2, 0) is 9.59 Å². The highest BCUT2D eigenvalue weighted by atomic mass is 32.2. The predicted octanol–water partition coefficient (Wildman–Crippen LogP) is 6.02. The SMILES string of the molecule is CCOc1ccccc1N1C(=O)CS[C@H]1c1cccc(NC(=O)C23CC4CC(CC(C4)C2)C3)c1. The summed E-state index contributed by atoms with van der Waals surface area (Å²) >= 11 is 1.62. The number of nitrogens with one attached hydrogen (secondary N) is 1. The monoisotopic (exact) mass is 476 g/mol. The van der Waals surface area contributed by atoms with Gasteiger partial charge in [-0.2, -0.15) is 0 Å². The minimum absolute atomic E-state index is 0.0742. The van der Waals surface area contributed by atoms with Crippen molar-refractivity contribution in [2.75, 3.05) is 22.6 Å². The summed E-state index contributed by atoms with van der Waals surface area (Å²) < 4.78 is 5.82. The van der Waals surface area contributed by atoms with Gasteiger partial charge in [0.1, 0.15) is 11.1 Å². The molecule has 6 heteroatoms. The molecule has 0 radical (unpaired) electrons. The van der Waals surface area contributed by atoms with Gasteiger partial charge in [-0.1, -0.05) is 24.3 Å². The van der Waals surface area contributed by atoms with Crippen LogP contribution < -0.4 is 15.0 Å². The molecule has 5 nitrogen and oxygen atoms in total. The van der Waals surface area contributed by atoms with E-state index in [4.69, 9.17) is 4.74 Å². The fourth-order valence-electron chi connectivity index (χ4n) is 7.29. The van der Waals surface area contributed by atoms with E-state index in [1.807, 2.05) is 60.4 Å². The molecule has 5 fully saturated rings. The Balaban J connectivity index is 1.25. The molecule has 1 heterocycles. The topological polar surface area (TPSA) is 58.6 Å². The Morgan fingerprint density at radius 2 is 1.76 bits per heavy atom. The Morgan fingerprint density at radius 1 is 1.06 bits per heavy atom. The van der Waals surface area contributed by atoms with Crippen LogP contribution in [0.1, 0.15) is 56.4 Å². The molecular weight excluding hydrogens is 444 g/mol. The van der Waals surface area contributed by atoms with E-state index in [1.165, 1.54) is 19.3 Å². The lowest BCUT2D eigenvalue weighted by atomic mass is 9.49. The van der Waals surface area contributed by atoms with E-state index in [2.05, 4.69) is 5.32 Å². The first kappa shape index (κ1) is 22.0. The fourth-order valence-corrected chi connectivity index (χ4v) is 8.45. The third-order valence-corrected chi connectivity index (χ3v) is 9.45. The Morgan fingerprint density at radius 3 is 2.47 bits per heavy atom. The van der Waals surface area contributed by atoms with Gasteiger partial charge in [-0.05, 0) is 93.0 Å². The van der Waals surface area contributed by atoms with E-state index in [-0.39, 0.29) is 22.6 Å². The lowest BCUT2D eigenvalue weighted by molar-refractivity contribution is -0.140. The standard InChI is InChI=1S/C28H32N2O3S/c1-2-33-24-9-4-3-8-23(24)30-25(31)17-34-26(30)21-6-5-7-22(13-21)29-27(32)28-14-18-10-19(15-28)12-20(11-18)16-28/h3-9,13,18-20,26H,2,10-12,14-17H2,1H3,(H,29,32)/t18?,19?,20?,26-,28?/m0/s1. The molecule has 1 N–H and O–H groups in total. The molecule has 5 aliphatic rings. The van der Waals surface area contributed by atoms with Crippen LogP contribution in [0.3, 0.4) is 0 Å². The summed E-state index contributed by atoms with van der Waals surface area (Å²) in [5.41, 5.74) is 2.47. The maximum absolute atomic E-state index is 13.6. The number of hydrogen-bond acceptors (Lipinski definition) is 4. The normalized spacial score (nSPS) is 31.7. The van der Waals surface area contributed by atoms with Crippen molar-refractivity contribution in [2.24, 2.45) is 23.2 Å². The number of benzene rings is 2. The Kier molecular flexibility index (Phi) is 5.59. The number of ether oxygens (including phenoxy) is 1. The average molecular weight is 477 g/mol. The van der Waals surface area contributed by atoms with Crippen molar-refractivity contribution in [3.05, 3.63) is 54.1 Å². The summed E-state index contributed by atoms with van der Waals surface area (Å²) in [5, 5.41) is 3.14. The number of amides is 2. The van der Waals surface area contributed by atoms with E-state index >= 15 is 0 Å². The third-order valence-electron chi connectivity index (χ3n) is 8.24. The summed E-state index contributed by atoms with van der Waals surface area (Å²) in [6.45, 7) is 2.49. The van der Waals surface area contributed by atoms with Crippen molar-refractivity contribution in [3.8, 4) is 5.75 Å². The highest BCUT2D eigenvalue weighted by molar-refractivity contribution is 8.00. The van der Waals surface area contributed by atoms with Crippen LogP contribution >= 0.6 is 11.8 Å². The molecule has 1 saturated heterocycles. The maximum atomic E-state index is 13.6. The second-order valence-corrected chi connectivity index (χ2v) is 11.7. The van der Waals surface area contributed by atoms with E-state index in [9.17, 15) is 9.59 Å². The first-order valence-electron chi connectivity index (χ1n) is 12.6. The minimum Gasteiger partial charge on any atom is -0.492 e. The number of carbonyl (C=O) groups is 2. The van der Waals surface area contributed by atoms with Gasteiger partial charge in [-0.15, -0.1) is 11.8 Å². The zero-order chi connectivity index (χ0) is 23.3. The number of rotatable bonds is 6. The summed E-state index contributed by atoms with van der Waals surface area (Å²) in [7, 11) is 0. The smallest absolute Gasteiger partial charge is 0.238 e. The summed E-state index contributed by atoms with van der Waals surface area (Å²) in [4.78, 5) is 28.3. The first-order valence-corrected chi connectivity index (χ1v) is 13.7. The van der Waals surface area contributed by atoms with Crippen LogP contribution in [-0.4, -0.2) is 24.2 Å². The second kappa shape index (κ2) is 8.63. The molecule has 4 bridgehead atoms. The zero-order valence-electron chi connectivity index (χ0n) is 19.7. The molecule has 4 saturated carbocycles. The van der Waals surface area contributed by atoms with Crippen molar-refractivity contribution in [1.82, 2.24) is 0 Å². The van der Waals surface area contributed by atoms with Crippen LogP contribution in [0.5, 0.6) is 5.75 Å². The largest absolute Gasteiger partial charge is 0.492 e. The molecule has 0 spiro atoms. The molecule has 7 rings (SSSR count). The number of carbonyl (C=O) groups excluding carboxylic acids is 2. The summed E-state index contributed by atoms with van der Waals surface area (Å²) in [6.07, 6.45) is 7.15. The number of thioether (sulfide) groups is 1. The van der Waals surface area contributed by atoms with Gasteiger partial charge in [0.25, 0.3) is 0 Å². The van der Waals surface area contributed by atoms with Crippen LogP contribution in [0.4, 0.5) is 11.4 Å². The van der Waals surface area contributed by atoms with Crippen molar-refractivity contribution in [1.29, 1.82) is 0 Å². The highest BCUT2D eigenvalue weighted by Gasteiger charge is 2.54. The molecule has 0 unspecified atom stereocenters. The molecular formula is C28H32N2O3S. The number of para-hydroxylation sites is 2. The van der Waals surface area contributed by atoms with Gasteiger partial charge in [0.2, 0.25) is 11.8 Å². The number of nitrogens with zero attached hydrogens (tertiary/aromatic N) is 1. The van der Waals surface area contributed by atoms with Crippen molar-refractivity contribution in [3.63, 3.8) is 0 Å². The van der Waals surface area contributed by atoms with Gasteiger partial charge in [0, 0.05) is 5.69 Å². The molecule has 4 aliphatic carbocycles. The Labute approximate surface area is 205 Å². The molecule has 0 aromatic heterocycles. The second-order valence-electron chi connectivity index (χ2n) is 10.6. The molecule has 1 aliphatic heterocycles. The quantitative estimate of drug-likeness (QED) is 0.554. The third kappa shape index (κ3) is 3.80. The van der Waals surface area contributed by atoms with E-state index in [0.29, 0.717) is 12.4 Å². The van der Waals surface area contributed by atoms with Gasteiger partial charge < -0.3 is 10.1 Å². The lowest BCUT2D eigenvalue weighted by Crippen LogP contribution is -2.51. The molecule has 2 aromatic carbocycles. The predicted molar refractivity (Wildman–Crippen MR) is 136 cm³/mol. The van der Waals surface area contributed by atoms with Crippen LogP contribution in [0.2, 0.25) is 0 Å². The van der Waals surface area contributed by atoms with Gasteiger partial charge in [0.05, 0.1) is 23.5 Å². The molecule has 1 atom stereocenters. The lowest BCUT2D eigenvalue weighted by Gasteiger charge is -2.55. The van der Waals surface area contributed by atoms with Gasteiger partial charge in [-0.25, -0.2) is 0 Å². The fraction of sp³-hybridized carbons (Fsp3) is 0.500. The van der Waals surface area contributed by atoms with E-state index in [1.54, 1.807) is 11.8 Å². The minimum atomic E-state index is -0.175. The van der Waals surface area contributed by atoms with Crippen molar-refractivity contribution < 1.29 is 14.3 Å². The zero-order valence-corrected chi connectivity index (χ0v) is 20.5. The maximum Gasteiger partial charge on any atom is 0.238 e. The van der Waals surface area contributed by atoms with Gasteiger partial charge >= 0.3 is 0 Å². The van der Waals surface area contributed by atoms with E-state index in [0.717, 1.165) is 59.7 Å². The average Bonchev–Trinajstić information content (AvgIpc) is 3.20. The highest BCUT2D eigenvalue weighted by Crippen LogP contribution is 2.60. The van der Waals surface area contributed by atoms with Crippen molar-refractivity contribution >= 4 is 35.0 Å². The van der Waals surface area contributed by atoms with Gasteiger partial charge in [-0.3, -0.25) is 14.5 Å². The van der Waals surface area contributed by atoms with Crippen molar-refractivity contribution in [2.45, 2.75) is 50.8 Å². The van der Waals surface area contributed by atoms with E-state index < -0.39 is 0 Å². The Hall–Kier alpha value is -2.47. The first-order chi connectivity index (χ1) is 16.5. The van der Waals surface area contributed by atoms with Gasteiger partial charge in [0.15, 0.2) is 0 Å². The number of hydrogen-bond donors (Lipinski definition) is 1.